The van der Waals surface area contributed by atoms with E-state index in [9.17, 15) is 26.4 Å². The quantitative estimate of drug-likeness (QED) is 0.393. The zero-order chi connectivity index (χ0) is 27.3. The molecule has 1 aliphatic rings. The lowest BCUT2D eigenvalue weighted by Gasteiger charge is -2.31. The third-order valence-corrected chi connectivity index (χ3v) is 9.80. The van der Waals surface area contributed by atoms with E-state index >= 15 is 0 Å². The Morgan fingerprint density at radius 1 is 1.05 bits per heavy atom. The van der Waals surface area contributed by atoms with Crippen LogP contribution in [0.25, 0.3) is 0 Å². The van der Waals surface area contributed by atoms with Crippen molar-refractivity contribution < 1.29 is 31.1 Å². The highest BCUT2D eigenvalue weighted by atomic mass is 32.2. The summed E-state index contributed by atoms with van der Waals surface area (Å²) in [7, 11) is -2.20. The number of halogens is 3. The molecule has 0 aliphatic carbocycles. The van der Waals surface area contributed by atoms with Crippen LogP contribution in [0.4, 0.5) is 13.2 Å². The Bertz CT molecular complexity index is 1370. The number of carbonyl (C=O) groups is 1. The molecular weight excluding hydrogens is 539 g/mol. The highest BCUT2D eigenvalue weighted by molar-refractivity contribution is 7.91. The van der Waals surface area contributed by atoms with Crippen molar-refractivity contribution in [3.05, 3.63) is 82.2 Å². The number of ether oxygens (including phenoxy) is 1. The SMILES string of the molecule is COc1cccc(C(=O)NCc2ccc(S(=O)(=O)N3CCC(NCc4ccccc4C(F)(F)F)CC3)s2)c1. The van der Waals surface area contributed by atoms with Crippen LogP contribution in [0.2, 0.25) is 0 Å². The molecule has 2 heterocycles. The zero-order valence-electron chi connectivity index (χ0n) is 20.6. The van der Waals surface area contributed by atoms with Crippen molar-refractivity contribution in [2.75, 3.05) is 20.2 Å². The van der Waals surface area contributed by atoms with E-state index in [1.807, 2.05) is 0 Å². The number of rotatable bonds is 9. The van der Waals surface area contributed by atoms with Crippen LogP contribution in [-0.4, -0.2) is 44.9 Å². The number of methoxy groups -OCH3 is 1. The molecule has 4 rings (SSSR count). The van der Waals surface area contributed by atoms with Crippen LogP contribution in [0.15, 0.2) is 64.9 Å². The van der Waals surface area contributed by atoms with Crippen LogP contribution >= 0.6 is 11.3 Å². The predicted molar refractivity (Wildman–Crippen MR) is 139 cm³/mol. The summed E-state index contributed by atoms with van der Waals surface area (Å²) in [5, 5.41) is 5.93. The van der Waals surface area contributed by atoms with Crippen molar-refractivity contribution in [2.45, 2.75) is 42.4 Å². The molecule has 1 fully saturated rings. The molecule has 2 N–H and O–H groups in total. The Morgan fingerprint density at radius 3 is 2.50 bits per heavy atom. The minimum Gasteiger partial charge on any atom is -0.497 e. The highest BCUT2D eigenvalue weighted by Gasteiger charge is 2.34. The Kier molecular flexibility index (Phi) is 8.76. The van der Waals surface area contributed by atoms with Gasteiger partial charge in [0.1, 0.15) is 9.96 Å². The Morgan fingerprint density at radius 2 is 1.79 bits per heavy atom. The monoisotopic (exact) mass is 567 g/mol. The van der Waals surface area contributed by atoms with E-state index < -0.39 is 21.8 Å². The molecule has 0 radical (unpaired) electrons. The number of benzene rings is 2. The normalized spacial score (nSPS) is 15.4. The number of carbonyl (C=O) groups excluding carboxylic acids is 1. The minimum atomic E-state index is -4.42. The Balaban J connectivity index is 1.29. The fourth-order valence-electron chi connectivity index (χ4n) is 4.26. The largest absolute Gasteiger partial charge is 0.497 e. The fourth-order valence-corrected chi connectivity index (χ4v) is 7.18. The Hall–Kier alpha value is -2.93. The standard InChI is InChI=1S/C26H28F3N3O4S2/c1-36-21-7-4-6-18(15-21)25(33)31-17-22-9-10-24(37-22)38(34,35)32-13-11-20(12-14-32)30-16-19-5-2-3-8-23(19)26(27,28)29/h2-10,15,20,30H,11-14,16-17H2,1H3,(H,31,33). The smallest absolute Gasteiger partial charge is 0.416 e. The van der Waals surface area contributed by atoms with Crippen LogP contribution in [-0.2, 0) is 29.3 Å². The van der Waals surface area contributed by atoms with E-state index in [0.29, 0.717) is 29.0 Å². The van der Waals surface area contributed by atoms with Crippen molar-refractivity contribution in [1.29, 1.82) is 0 Å². The fraction of sp³-hybridized carbons (Fsp3) is 0.346. The van der Waals surface area contributed by atoms with Crippen LogP contribution in [0.1, 0.15) is 39.2 Å². The number of sulfonamides is 1. The molecule has 1 amide bonds. The number of thiophene rings is 1. The van der Waals surface area contributed by atoms with Gasteiger partial charge in [0.15, 0.2) is 0 Å². The summed E-state index contributed by atoms with van der Waals surface area (Å²) >= 11 is 1.10. The average Bonchev–Trinajstić information content (AvgIpc) is 3.40. The lowest BCUT2D eigenvalue weighted by molar-refractivity contribution is -0.138. The second-order valence-electron chi connectivity index (χ2n) is 8.85. The lowest BCUT2D eigenvalue weighted by Crippen LogP contribution is -2.44. The van der Waals surface area contributed by atoms with Crippen molar-refractivity contribution in [2.24, 2.45) is 0 Å². The number of hydrogen-bond donors (Lipinski definition) is 2. The first-order valence-corrected chi connectivity index (χ1v) is 14.2. The van der Waals surface area contributed by atoms with Gasteiger partial charge < -0.3 is 15.4 Å². The summed E-state index contributed by atoms with van der Waals surface area (Å²) in [6, 6.07) is 15.3. The summed E-state index contributed by atoms with van der Waals surface area (Å²) in [5.74, 6) is 0.265. The maximum atomic E-state index is 13.2. The number of piperidine rings is 1. The molecule has 38 heavy (non-hydrogen) atoms. The van der Waals surface area contributed by atoms with Crippen molar-refractivity contribution in [3.8, 4) is 5.75 Å². The van der Waals surface area contributed by atoms with Gasteiger partial charge in [-0.15, -0.1) is 11.3 Å². The van der Waals surface area contributed by atoms with Gasteiger partial charge in [0.05, 0.1) is 19.2 Å². The number of nitrogens with zero attached hydrogens (tertiary/aromatic N) is 1. The number of hydrogen-bond acceptors (Lipinski definition) is 6. The van der Waals surface area contributed by atoms with Gasteiger partial charge in [-0.3, -0.25) is 4.79 Å². The molecule has 1 saturated heterocycles. The van der Waals surface area contributed by atoms with Gasteiger partial charge >= 0.3 is 6.18 Å². The van der Waals surface area contributed by atoms with Crippen molar-refractivity contribution in [3.63, 3.8) is 0 Å². The summed E-state index contributed by atoms with van der Waals surface area (Å²) < 4.78 is 72.7. The summed E-state index contributed by atoms with van der Waals surface area (Å²) in [6.07, 6.45) is -3.45. The molecule has 0 unspecified atom stereocenters. The second kappa shape index (κ2) is 11.9. The molecule has 12 heteroatoms. The van der Waals surface area contributed by atoms with E-state index in [-0.39, 0.29) is 47.9 Å². The van der Waals surface area contributed by atoms with Crippen LogP contribution in [0, 0.1) is 0 Å². The molecule has 2 aromatic carbocycles. The first-order valence-electron chi connectivity index (χ1n) is 12.0. The summed E-state index contributed by atoms with van der Waals surface area (Å²) in [5.41, 5.74) is -0.0625. The molecule has 7 nitrogen and oxygen atoms in total. The number of nitrogens with one attached hydrogen (secondary N) is 2. The zero-order valence-corrected chi connectivity index (χ0v) is 22.3. The molecule has 204 valence electrons. The van der Waals surface area contributed by atoms with E-state index in [4.69, 9.17) is 4.74 Å². The second-order valence-corrected chi connectivity index (χ2v) is 12.2. The van der Waals surface area contributed by atoms with Gasteiger partial charge in [0.25, 0.3) is 15.9 Å². The number of alkyl halides is 3. The molecular formula is C26H28F3N3O4S2. The molecule has 3 aromatic rings. The number of amides is 1. The van der Waals surface area contributed by atoms with Crippen LogP contribution in [0.3, 0.4) is 0 Å². The van der Waals surface area contributed by atoms with Gasteiger partial charge in [-0.25, -0.2) is 8.42 Å². The van der Waals surface area contributed by atoms with E-state index in [1.165, 1.54) is 29.6 Å². The first-order chi connectivity index (χ1) is 18.1. The van der Waals surface area contributed by atoms with Crippen LogP contribution in [0.5, 0.6) is 5.75 Å². The topological polar surface area (TPSA) is 87.7 Å². The molecule has 1 aromatic heterocycles. The first kappa shape index (κ1) is 28.1. The third kappa shape index (κ3) is 6.73. The summed E-state index contributed by atoms with van der Waals surface area (Å²) in [6.45, 7) is 0.770. The maximum Gasteiger partial charge on any atom is 0.416 e. The predicted octanol–water partition coefficient (Wildman–Crippen LogP) is 4.65. The Labute approximate surface area is 223 Å². The maximum absolute atomic E-state index is 13.2. The van der Waals surface area contributed by atoms with Gasteiger partial charge in [-0.2, -0.15) is 17.5 Å². The summed E-state index contributed by atoms with van der Waals surface area (Å²) in [4.78, 5) is 13.1. The van der Waals surface area contributed by atoms with E-state index in [1.54, 1.807) is 36.4 Å². The van der Waals surface area contributed by atoms with Gasteiger partial charge in [-0.1, -0.05) is 24.3 Å². The third-order valence-electron chi connectivity index (χ3n) is 6.34. The van der Waals surface area contributed by atoms with E-state index in [0.717, 1.165) is 17.4 Å². The van der Waals surface area contributed by atoms with Crippen molar-refractivity contribution in [1.82, 2.24) is 14.9 Å². The molecule has 0 atom stereocenters. The molecule has 0 bridgehead atoms. The average molecular weight is 568 g/mol. The van der Waals surface area contributed by atoms with Gasteiger partial charge in [0.2, 0.25) is 0 Å². The van der Waals surface area contributed by atoms with Crippen LogP contribution < -0.4 is 15.4 Å². The van der Waals surface area contributed by atoms with E-state index in [2.05, 4.69) is 10.6 Å². The highest BCUT2D eigenvalue weighted by Crippen LogP contribution is 2.32. The van der Waals surface area contributed by atoms with Crippen molar-refractivity contribution >= 4 is 27.3 Å². The minimum absolute atomic E-state index is 0.0584. The van der Waals surface area contributed by atoms with Gasteiger partial charge in [-0.05, 0) is 54.8 Å². The molecule has 1 aliphatic heterocycles. The van der Waals surface area contributed by atoms with Gasteiger partial charge in [0, 0.05) is 36.1 Å². The lowest BCUT2D eigenvalue weighted by atomic mass is 10.0. The molecule has 0 spiro atoms. The molecule has 0 saturated carbocycles.